The molecule has 1 spiro atoms. The summed E-state index contributed by atoms with van der Waals surface area (Å²) in [6, 6.07) is 12.7. The fourth-order valence-electron chi connectivity index (χ4n) is 7.99. The largest absolute Gasteiger partial charge is 0.507 e. The zero-order valence-electron chi connectivity index (χ0n) is 20.0. The van der Waals surface area contributed by atoms with Crippen LogP contribution in [0.4, 0.5) is 0 Å². The van der Waals surface area contributed by atoms with Crippen LogP contribution < -0.4 is 4.74 Å². The fourth-order valence-corrected chi connectivity index (χ4v) is 7.99. The number of rotatable bonds is 1. The second kappa shape index (κ2) is 6.62. The predicted octanol–water partition coefficient (Wildman–Crippen LogP) is 7.19. The maximum Gasteiger partial charge on any atom is 0.153 e. The molecule has 3 aromatic carbocycles. The van der Waals surface area contributed by atoms with Crippen LogP contribution in [-0.2, 0) is 11.8 Å². The molecule has 1 saturated carbocycles. The molecule has 0 bridgehead atoms. The average Bonchev–Trinajstić information content (AvgIpc) is 2.99. The van der Waals surface area contributed by atoms with Crippen LogP contribution >= 0.6 is 0 Å². The molecule has 33 heavy (non-hydrogen) atoms. The lowest BCUT2D eigenvalue weighted by molar-refractivity contribution is 0.0645. The Morgan fingerprint density at radius 3 is 2.42 bits per heavy atom. The van der Waals surface area contributed by atoms with Gasteiger partial charge in [0.05, 0.1) is 12.2 Å². The smallest absolute Gasteiger partial charge is 0.153 e. The molecule has 1 fully saturated rings. The molecule has 1 aliphatic heterocycles. The van der Waals surface area contributed by atoms with Gasteiger partial charge in [0.1, 0.15) is 11.5 Å². The Hall–Kier alpha value is -2.81. The monoisotopic (exact) mass is 440 g/mol. The molecule has 3 aromatic rings. The lowest BCUT2D eigenvalue weighted by atomic mass is 9.52. The first-order valence-electron chi connectivity index (χ1n) is 12.2. The van der Waals surface area contributed by atoms with E-state index in [2.05, 4.69) is 52.0 Å². The van der Waals surface area contributed by atoms with Gasteiger partial charge in [-0.1, -0.05) is 52.0 Å². The highest BCUT2D eigenvalue weighted by Crippen LogP contribution is 2.65. The van der Waals surface area contributed by atoms with Crippen molar-refractivity contribution < 1.29 is 14.6 Å². The molecule has 2 aliphatic carbocycles. The zero-order valence-corrected chi connectivity index (χ0v) is 20.0. The first-order valence-corrected chi connectivity index (χ1v) is 12.2. The van der Waals surface area contributed by atoms with Gasteiger partial charge in [0.2, 0.25) is 0 Å². The molecule has 0 saturated heterocycles. The van der Waals surface area contributed by atoms with Gasteiger partial charge in [-0.3, -0.25) is 4.79 Å². The average molecular weight is 441 g/mol. The van der Waals surface area contributed by atoms with Crippen molar-refractivity contribution in [2.24, 2.45) is 10.8 Å². The first kappa shape index (κ1) is 20.8. The number of aromatic hydroxyl groups is 1. The SMILES string of the molecule is CC1(C)CC(C)(C)CC2(C1)c1ccccc1-c1c2cc(O)c2cc(C=O)c3c(c12)CCCO3. The van der Waals surface area contributed by atoms with Crippen LogP contribution in [0.2, 0.25) is 0 Å². The molecule has 3 heteroatoms. The van der Waals surface area contributed by atoms with Gasteiger partial charge in [-0.2, -0.15) is 0 Å². The third-order valence-corrected chi connectivity index (χ3v) is 8.17. The number of hydrogen-bond acceptors (Lipinski definition) is 3. The summed E-state index contributed by atoms with van der Waals surface area (Å²) in [6.45, 7) is 10.2. The van der Waals surface area contributed by atoms with E-state index in [0.29, 0.717) is 17.9 Å². The minimum atomic E-state index is -0.130. The van der Waals surface area contributed by atoms with Crippen LogP contribution in [-0.4, -0.2) is 18.0 Å². The molecule has 0 atom stereocenters. The fraction of sp³-hybridized carbons (Fsp3) is 0.433. The van der Waals surface area contributed by atoms with Gasteiger partial charge in [0, 0.05) is 21.8 Å². The molecule has 170 valence electrons. The standard InChI is InChI=1S/C30H32O3/c1-28(2)15-29(3,4)17-30(16-28)22-10-6-5-8-19(22)26-23(30)13-24(32)21-12-18(14-31)27-20(25(21)26)9-7-11-33-27/h5-6,8,10,12-14,32H,7,9,11,15-17H2,1-4H3. The van der Waals surface area contributed by atoms with Crippen molar-refractivity contribution >= 4 is 17.1 Å². The van der Waals surface area contributed by atoms with E-state index in [1.165, 1.54) is 28.7 Å². The van der Waals surface area contributed by atoms with E-state index in [-0.39, 0.29) is 22.0 Å². The van der Waals surface area contributed by atoms with E-state index in [0.717, 1.165) is 48.3 Å². The number of carbonyl (C=O) groups excluding carboxylic acids is 1. The van der Waals surface area contributed by atoms with Crippen molar-refractivity contribution in [3.05, 3.63) is 58.7 Å². The summed E-state index contributed by atoms with van der Waals surface area (Å²) < 4.78 is 6.03. The molecule has 1 heterocycles. The normalized spacial score (nSPS) is 21.2. The van der Waals surface area contributed by atoms with Gasteiger partial charge in [0.25, 0.3) is 0 Å². The number of phenols is 1. The maximum atomic E-state index is 11.9. The highest BCUT2D eigenvalue weighted by atomic mass is 16.5. The Labute approximate surface area is 195 Å². The van der Waals surface area contributed by atoms with Gasteiger partial charge >= 0.3 is 0 Å². The van der Waals surface area contributed by atoms with Crippen LogP contribution in [0, 0.1) is 10.8 Å². The number of aldehydes is 1. The first-order chi connectivity index (χ1) is 15.7. The summed E-state index contributed by atoms with van der Waals surface area (Å²) in [6.07, 6.45) is 5.94. The summed E-state index contributed by atoms with van der Waals surface area (Å²) in [5, 5.41) is 13.2. The predicted molar refractivity (Wildman–Crippen MR) is 132 cm³/mol. The van der Waals surface area contributed by atoms with Gasteiger partial charge in [-0.15, -0.1) is 0 Å². The molecule has 0 radical (unpaired) electrons. The van der Waals surface area contributed by atoms with Crippen LogP contribution in [0.25, 0.3) is 21.9 Å². The van der Waals surface area contributed by atoms with Crippen LogP contribution in [0.3, 0.4) is 0 Å². The van der Waals surface area contributed by atoms with Crippen molar-refractivity contribution in [3.63, 3.8) is 0 Å². The summed E-state index contributed by atoms with van der Waals surface area (Å²) in [5.41, 5.74) is 7.01. The molecular formula is C30H32O3. The van der Waals surface area contributed by atoms with E-state index in [4.69, 9.17) is 4.74 Å². The number of benzene rings is 3. The van der Waals surface area contributed by atoms with Gasteiger partial charge in [-0.25, -0.2) is 0 Å². The zero-order chi connectivity index (χ0) is 23.2. The van der Waals surface area contributed by atoms with Gasteiger partial charge in [-0.05, 0) is 77.3 Å². The van der Waals surface area contributed by atoms with Gasteiger partial charge < -0.3 is 9.84 Å². The molecule has 6 rings (SSSR count). The number of ether oxygens (including phenoxy) is 1. The number of aryl methyl sites for hydroxylation is 1. The van der Waals surface area contributed by atoms with E-state index in [9.17, 15) is 9.90 Å². The van der Waals surface area contributed by atoms with Crippen molar-refractivity contribution in [2.75, 3.05) is 6.61 Å². The summed E-state index contributed by atoms with van der Waals surface area (Å²) >= 11 is 0. The van der Waals surface area contributed by atoms with E-state index >= 15 is 0 Å². The minimum Gasteiger partial charge on any atom is -0.507 e. The Balaban J connectivity index is 1.77. The maximum absolute atomic E-state index is 11.9. The van der Waals surface area contributed by atoms with Crippen LogP contribution in [0.5, 0.6) is 11.5 Å². The minimum absolute atomic E-state index is 0.130. The molecule has 0 aromatic heterocycles. The molecule has 0 amide bonds. The lowest BCUT2D eigenvalue weighted by Crippen LogP contribution is -2.43. The molecular weight excluding hydrogens is 408 g/mol. The Morgan fingerprint density at radius 2 is 1.70 bits per heavy atom. The quantitative estimate of drug-likeness (QED) is 0.408. The molecule has 1 N–H and O–H groups in total. The third-order valence-electron chi connectivity index (χ3n) is 8.17. The Kier molecular flexibility index (Phi) is 4.17. The Morgan fingerprint density at radius 1 is 0.970 bits per heavy atom. The molecule has 3 nitrogen and oxygen atoms in total. The molecule has 3 aliphatic rings. The number of hydrogen-bond donors (Lipinski definition) is 1. The van der Waals surface area contributed by atoms with Crippen molar-refractivity contribution in [3.8, 4) is 22.6 Å². The number of fused-ring (bicyclic) bond motifs is 9. The van der Waals surface area contributed by atoms with Gasteiger partial charge in [0.15, 0.2) is 6.29 Å². The van der Waals surface area contributed by atoms with E-state index < -0.39 is 0 Å². The summed E-state index contributed by atoms with van der Waals surface area (Å²) in [7, 11) is 0. The van der Waals surface area contributed by atoms with Crippen LogP contribution in [0.15, 0.2) is 36.4 Å². The van der Waals surface area contributed by atoms with Crippen molar-refractivity contribution in [2.45, 2.75) is 65.2 Å². The second-order valence-electron chi connectivity index (χ2n) is 12.1. The van der Waals surface area contributed by atoms with Crippen LogP contribution in [0.1, 0.15) is 80.4 Å². The van der Waals surface area contributed by atoms with Crippen molar-refractivity contribution in [1.82, 2.24) is 0 Å². The number of phenolic OH excluding ortho intramolecular Hbond substituents is 1. The summed E-state index contributed by atoms with van der Waals surface area (Å²) in [4.78, 5) is 11.9. The molecule has 0 unspecified atom stereocenters. The highest BCUT2D eigenvalue weighted by Gasteiger charge is 2.53. The lowest BCUT2D eigenvalue weighted by Gasteiger charge is -2.51. The van der Waals surface area contributed by atoms with E-state index in [1.54, 1.807) is 0 Å². The Bertz CT molecular complexity index is 1310. The topological polar surface area (TPSA) is 46.5 Å². The van der Waals surface area contributed by atoms with E-state index in [1.807, 2.05) is 12.1 Å². The van der Waals surface area contributed by atoms with Crippen molar-refractivity contribution in [1.29, 1.82) is 0 Å². The summed E-state index contributed by atoms with van der Waals surface area (Å²) in [5.74, 6) is 0.980. The second-order valence-corrected chi connectivity index (χ2v) is 12.1. The highest BCUT2D eigenvalue weighted by molar-refractivity contribution is 6.09. The number of carbonyl (C=O) groups is 1. The third kappa shape index (κ3) is 2.84.